The summed E-state index contributed by atoms with van der Waals surface area (Å²) in [5.74, 6) is 0.271. The van der Waals surface area contributed by atoms with Crippen LogP contribution in [-0.2, 0) is 4.84 Å². The average molecular weight is 374 g/mol. The molecule has 140 valence electrons. The van der Waals surface area contributed by atoms with Crippen LogP contribution in [0.15, 0.2) is 72.9 Å². The van der Waals surface area contributed by atoms with Crippen LogP contribution in [0.1, 0.15) is 38.9 Å². The summed E-state index contributed by atoms with van der Waals surface area (Å²) in [4.78, 5) is 35.9. The fourth-order valence-electron chi connectivity index (χ4n) is 3.13. The Kier molecular flexibility index (Phi) is 4.87. The molecular formula is C22H18N2O4. The van der Waals surface area contributed by atoms with Crippen LogP contribution in [0.2, 0.25) is 0 Å². The Bertz CT molecular complexity index is 1000. The van der Waals surface area contributed by atoms with Crippen LogP contribution in [0, 0.1) is 0 Å². The molecule has 0 radical (unpaired) electrons. The first-order chi connectivity index (χ1) is 13.7. The summed E-state index contributed by atoms with van der Waals surface area (Å²) in [5, 5.41) is 1.23. The number of carbonyl (C=O) groups is 2. The lowest BCUT2D eigenvalue weighted by molar-refractivity contribution is 0.0125. The summed E-state index contributed by atoms with van der Waals surface area (Å²) in [7, 11) is 1.57. The number of hydrogen-bond donors (Lipinski definition) is 0. The second kappa shape index (κ2) is 7.62. The van der Waals surface area contributed by atoms with Gasteiger partial charge in [0.15, 0.2) is 5.78 Å². The van der Waals surface area contributed by atoms with E-state index >= 15 is 0 Å². The largest absolute Gasteiger partial charge is 0.497 e. The van der Waals surface area contributed by atoms with Crippen LogP contribution in [-0.4, -0.2) is 23.8 Å². The van der Waals surface area contributed by atoms with Gasteiger partial charge >= 0.3 is 0 Å². The van der Waals surface area contributed by atoms with E-state index < -0.39 is 6.10 Å². The van der Waals surface area contributed by atoms with Crippen LogP contribution in [0.5, 0.6) is 5.75 Å². The summed E-state index contributed by atoms with van der Waals surface area (Å²) >= 11 is 0. The summed E-state index contributed by atoms with van der Waals surface area (Å²) in [6.07, 6.45) is 0.995. The fourth-order valence-corrected chi connectivity index (χ4v) is 3.13. The summed E-state index contributed by atoms with van der Waals surface area (Å²) in [6.45, 7) is 0. The minimum atomic E-state index is -0.663. The van der Waals surface area contributed by atoms with Gasteiger partial charge in [0.1, 0.15) is 11.9 Å². The number of Topliss-reactive ketones (excluding diaryl/α,β-unsaturated/α-hetero) is 1. The predicted molar refractivity (Wildman–Crippen MR) is 103 cm³/mol. The first-order valence-electron chi connectivity index (χ1n) is 8.86. The van der Waals surface area contributed by atoms with Gasteiger partial charge in [-0.15, -0.1) is 0 Å². The van der Waals surface area contributed by atoms with E-state index in [2.05, 4.69) is 4.98 Å². The standard InChI is InChI=1S/C22H18N2O4/c1-27-17-11-9-15(10-12-17)19(25)14-20-21-18(8-5-13-23-21)22(26)24(28-20)16-6-3-2-4-7-16/h2-13,20H,14H2,1H3. The molecule has 1 aromatic heterocycles. The number of fused-ring (bicyclic) bond motifs is 1. The molecule has 0 aliphatic carbocycles. The van der Waals surface area contributed by atoms with E-state index in [4.69, 9.17) is 9.57 Å². The van der Waals surface area contributed by atoms with Crippen LogP contribution >= 0.6 is 0 Å². The highest BCUT2D eigenvalue weighted by Crippen LogP contribution is 2.34. The Morgan fingerprint density at radius 3 is 2.54 bits per heavy atom. The number of benzene rings is 2. The number of methoxy groups -OCH3 is 1. The van der Waals surface area contributed by atoms with Crippen molar-refractivity contribution in [3.05, 3.63) is 89.7 Å². The molecule has 6 heteroatoms. The van der Waals surface area contributed by atoms with Crippen molar-refractivity contribution in [2.45, 2.75) is 12.5 Å². The molecule has 2 heterocycles. The van der Waals surface area contributed by atoms with Gasteiger partial charge in [-0.25, -0.2) is 0 Å². The number of hydroxylamine groups is 1. The minimum absolute atomic E-state index is 0.0625. The molecule has 1 unspecified atom stereocenters. The van der Waals surface area contributed by atoms with E-state index in [1.807, 2.05) is 18.2 Å². The lowest BCUT2D eigenvalue weighted by atomic mass is 9.99. The SMILES string of the molecule is COc1ccc(C(=O)CC2ON(c3ccccc3)C(=O)c3cccnc32)cc1. The van der Waals surface area contributed by atoms with Gasteiger partial charge < -0.3 is 4.74 Å². The molecule has 1 atom stereocenters. The predicted octanol–water partition coefficient (Wildman–Crippen LogP) is 4.00. The lowest BCUT2D eigenvalue weighted by Gasteiger charge is -2.32. The van der Waals surface area contributed by atoms with Crippen LogP contribution in [0.25, 0.3) is 0 Å². The van der Waals surface area contributed by atoms with Crippen molar-refractivity contribution >= 4 is 17.4 Å². The number of pyridine rings is 1. The number of amides is 1. The number of aromatic nitrogens is 1. The molecule has 1 aliphatic rings. The first-order valence-corrected chi connectivity index (χ1v) is 8.86. The molecule has 4 rings (SSSR count). The van der Waals surface area contributed by atoms with Gasteiger partial charge in [-0.3, -0.25) is 19.4 Å². The van der Waals surface area contributed by atoms with E-state index in [0.29, 0.717) is 28.3 Å². The lowest BCUT2D eigenvalue weighted by Crippen LogP contribution is -2.39. The zero-order valence-electron chi connectivity index (χ0n) is 15.2. The van der Waals surface area contributed by atoms with E-state index in [1.54, 1.807) is 61.8 Å². The zero-order valence-corrected chi connectivity index (χ0v) is 15.2. The monoisotopic (exact) mass is 374 g/mol. The Balaban J connectivity index is 1.64. The Morgan fingerprint density at radius 1 is 1.07 bits per heavy atom. The van der Waals surface area contributed by atoms with Crippen molar-refractivity contribution in [1.82, 2.24) is 4.98 Å². The number of carbonyl (C=O) groups excluding carboxylic acids is 2. The third-order valence-corrected chi connectivity index (χ3v) is 4.56. The van der Waals surface area contributed by atoms with Crippen molar-refractivity contribution in [3.8, 4) is 5.75 Å². The zero-order chi connectivity index (χ0) is 19.5. The molecule has 0 bridgehead atoms. The number of ketones is 1. The van der Waals surface area contributed by atoms with Gasteiger partial charge in [-0.2, -0.15) is 5.06 Å². The maximum absolute atomic E-state index is 12.9. The number of para-hydroxylation sites is 1. The van der Waals surface area contributed by atoms with Crippen molar-refractivity contribution in [1.29, 1.82) is 0 Å². The topological polar surface area (TPSA) is 68.7 Å². The van der Waals surface area contributed by atoms with Crippen LogP contribution in [0.4, 0.5) is 5.69 Å². The molecule has 0 fully saturated rings. The molecule has 0 N–H and O–H groups in total. The van der Waals surface area contributed by atoms with Crippen molar-refractivity contribution in [3.63, 3.8) is 0 Å². The molecular weight excluding hydrogens is 356 g/mol. The normalized spacial score (nSPS) is 15.8. The summed E-state index contributed by atoms with van der Waals surface area (Å²) in [5.41, 5.74) is 2.06. The van der Waals surface area contributed by atoms with E-state index in [-0.39, 0.29) is 18.1 Å². The fraction of sp³-hybridized carbons (Fsp3) is 0.136. The smallest absolute Gasteiger partial charge is 0.284 e. The quantitative estimate of drug-likeness (QED) is 0.632. The summed E-state index contributed by atoms with van der Waals surface area (Å²) in [6, 6.07) is 19.4. The first kappa shape index (κ1) is 17.9. The number of rotatable bonds is 5. The molecule has 28 heavy (non-hydrogen) atoms. The van der Waals surface area contributed by atoms with Gasteiger partial charge in [-0.1, -0.05) is 18.2 Å². The molecule has 3 aromatic rings. The maximum Gasteiger partial charge on any atom is 0.284 e. The molecule has 0 spiro atoms. The van der Waals surface area contributed by atoms with Gasteiger partial charge in [0.25, 0.3) is 5.91 Å². The van der Waals surface area contributed by atoms with E-state index in [1.165, 1.54) is 5.06 Å². The third-order valence-electron chi connectivity index (χ3n) is 4.56. The van der Waals surface area contributed by atoms with Crippen LogP contribution < -0.4 is 9.80 Å². The molecule has 6 nitrogen and oxygen atoms in total. The van der Waals surface area contributed by atoms with Gasteiger partial charge in [-0.05, 0) is 48.5 Å². The Hall–Kier alpha value is -3.51. The molecule has 0 saturated carbocycles. The highest BCUT2D eigenvalue weighted by molar-refractivity contribution is 6.06. The molecule has 1 aliphatic heterocycles. The second-order valence-electron chi connectivity index (χ2n) is 6.32. The van der Waals surface area contributed by atoms with Gasteiger partial charge in [0, 0.05) is 18.2 Å². The number of anilines is 1. The second-order valence-corrected chi connectivity index (χ2v) is 6.32. The average Bonchev–Trinajstić information content (AvgIpc) is 2.76. The van der Waals surface area contributed by atoms with Gasteiger partial charge in [0.2, 0.25) is 0 Å². The van der Waals surface area contributed by atoms with Gasteiger partial charge in [0.05, 0.1) is 24.1 Å². The van der Waals surface area contributed by atoms with E-state index in [0.717, 1.165) is 0 Å². The highest BCUT2D eigenvalue weighted by atomic mass is 16.7. The maximum atomic E-state index is 12.9. The number of nitrogens with zero attached hydrogens (tertiary/aromatic N) is 2. The van der Waals surface area contributed by atoms with E-state index in [9.17, 15) is 9.59 Å². The number of hydrogen-bond acceptors (Lipinski definition) is 5. The molecule has 2 aromatic carbocycles. The van der Waals surface area contributed by atoms with Crippen molar-refractivity contribution in [2.75, 3.05) is 12.2 Å². The van der Waals surface area contributed by atoms with Crippen molar-refractivity contribution < 1.29 is 19.2 Å². The highest BCUT2D eigenvalue weighted by Gasteiger charge is 2.35. The number of ether oxygens (including phenoxy) is 1. The molecule has 1 amide bonds. The summed E-state index contributed by atoms with van der Waals surface area (Å²) < 4.78 is 5.13. The third kappa shape index (κ3) is 3.37. The molecule has 0 saturated heterocycles. The Morgan fingerprint density at radius 2 is 1.82 bits per heavy atom. The van der Waals surface area contributed by atoms with Crippen LogP contribution in [0.3, 0.4) is 0 Å². The van der Waals surface area contributed by atoms with Crippen molar-refractivity contribution in [2.24, 2.45) is 0 Å². The minimum Gasteiger partial charge on any atom is -0.497 e. The Labute approximate surface area is 162 Å².